The van der Waals surface area contributed by atoms with Crippen LogP contribution in [0.2, 0.25) is 0 Å². The molecule has 4 rings (SSSR count). The Morgan fingerprint density at radius 1 is 0.971 bits per heavy atom. The third kappa shape index (κ3) is 5.69. The van der Waals surface area contributed by atoms with Crippen LogP contribution in [0, 0.1) is 0 Å². The average molecular weight is 476 g/mol. The molecular weight excluding hydrogens is 438 g/mol. The second-order valence-electron chi connectivity index (χ2n) is 10.0. The van der Waals surface area contributed by atoms with Crippen LogP contribution in [0.25, 0.3) is 0 Å². The summed E-state index contributed by atoms with van der Waals surface area (Å²) in [5.74, 6) is 1.25. The van der Waals surface area contributed by atoms with Gasteiger partial charge in [-0.3, -0.25) is 0 Å². The summed E-state index contributed by atoms with van der Waals surface area (Å²) in [7, 11) is 0. The van der Waals surface area contributed by atoms with Gasteiger partial charge in [0.25, 0.3) is 0 Å². The molecule has 1 aliphatic carbocycles. The van der Waals surface area contributed by atoms with Crippen molar-refractivity contribution in [2.45, 2.75) is 83.7 Å². The summed E-state index contributed by atoms with van der Waals surface area (Å²) in [5, 5.41) is 6.33. The van der Waals surface area contributed by atoms with Crippen LogP contribution >= 0.6 is 11.3 Å². The molecule has 5 heteroatoms. The summed E-state index contributed by atoms with van der Waals surface area (Å²) in [6.07, 6.45) is 6.07. The van der Waals surface area contributed by atoms with Gasteiger partial charge in [-0.15, -0.1) is 11.3 Å². The van der Waals surface area contributed by atoms with E-state index in [1.165, 1.54) is 16.7 Å². The fourth-order valence-electron chi connectivity index (χ4n) is 5.16. The predicted molar refractivity (Wildman–Crippen MR) is 143 cm³/mol. The standard InChI is InChI=1S/C29H37N3OS/c1-20(2)25-11-8-12-26(21(3)4)28(25)31-29(33)32(19-27-30-17-18-34-27)24-15-13-23(14-16-24)22-9-6-5-7-10-22/h5-12,17-18,20-21,23-24H,13-16,19H2,1-4H3,(H,31,33)/t23-,24-. The highest BCUT2D eigenvalue weighted by Crippen LogP contribution is 2.37. The van der Waals surface area contributed by atoms with E-state index in [1.807, 2.05) is 16.5 Å². The largest absolute Gasteiger partial charge is 0.322 e. The maximum Gasteiger partial charge on any atom is 0.322 e. The predicted octanol–water partition coefficient (Wildman–Crippen LogP) is 8.15. The Kier molecular flexibility index (Phi) is 8.04. The SMILES string of the molecule is CC(C)c1cccc(C(C)C)c1NC(=O)N(Cc1nccs1)[C@H]1CC[C@H](c2ccccc2)CC1. The van der Waals surface area contributed by atoms with Gasteiger partial charge in [0, 0.05) is 23.3 Å². The molecule has 0 unspecified atom stereocenters. The molecular formula is C29H37N3OS. The van der Waals surface area contributed by atoms with E-state index in [0.29, 0.717) is 24.3 Å². The van der Waals surface area contributed by atoms with E-state index in [1.54, 1.807) is 11.3 Å². The molecule has 0 bridgehead atoms. The number of para-hydroxylation sites is 1. The van der Waals surface area contributed by atoms with Crippen molar-refractivity contribution in [3.63, 3.8) is 0 Å². The highest BCUT2D eigenvalue weighted by atomic mass is 32.1. The van der Waals surface area contributed by atoms with Crippen LogP contribution in [0.15, 0.2) is 60.1 Å². The van der Waals surface area contributed by atoms with Gasteiger partial charge in [0.05, 0.1) is 6.54 Å². The number of carbonyl (C=O) groups is 1. The van der Waals surface area contributed by atoms with E-state index in [9.17, 15) is 4.79 Å². The molecule has 1 aromatic heterocycles. The van der Waals surface area contributed by atoms with Crippen LogP contribution in [0.4, 0.5) is 10.5 Å². The molecule has 180 valence electrons. The molecule has 4 nitrogen and oxygen atoms in total. The van der Waals surface area contributed by atoms with Crippen LogP contribution in [0.1, 0.15) is 92.8 Å². The Labute approximate surface area is 208 Å². The van der Waals surface area contributed by atoms with Crippen molar-refractivity contribution in [1.82, 2.24) is 9.88 Å². The first-order valence-electron chi connectivity index (χ1n) is 12.6. The Bertz CT molecular complexity index is 1030. The second-order valence-corrected chi connectivity index (χ2v) is 11.0. The monoisotopic (exact) mass is 475 g/mol. The van der Waals surface area contributed by atoms with Crippen molar-refractivity contribution in [3.05, 3.63) is 81.8 Å². The maximum atomic E-state index is 13.8. The molecule has 0 atom stereocenters. The zero-order valence-corrected chi connectivity index (χ0v) is 21.6. The number of benzene rings is 2. The van der Waals surface area contributed by atoms with Gasteiger partial charge in [-0.1, -0.05) is 76.2 Å². The normalized spacial score (nSPS) is 18.3. The molecule has 1 N–H and O–H groups in total. The van der Waals surface area contributed by atoms with E-state index in [-0.39, 0.29) is 12.1 Å². The summed E-state index contributed by atoms with van der Waals surface area (Å²) >= 11 is 1.62. The van der Waals surface area contributed by atoms with Crippen molar-refractivity contribution in [3.8, 4) is 0 Å². The van der Waals surface area contributed by atoms with Crippen molar-refractivity contribution in [2.24, 2.45) is 0 Å². The van der Waals surface area contributed by atoms with Gasteiger partial charge in [0.1, 0.15) is 5.01 Å². The van der Waals surface area contributed by atoms with E-state index < -0.39 is 0 Å². The van der Waals surface area contributed by atoms with Gasteiger partial charge in [-0.2, -0.15) is 0 Å². The summed E-state index contributed by atoms with van der Waals surface area (Å²) < 4.78 is 0. The zero-order valence-electron chi connectivity index (χ0n) is 20.8. The highest BCUT2D eigenvalue weighted by molar-refractivity contribution is 7.09. The summed E-state index contributed by atoms with van der Waals surface area (Å²) in [6, 6.07) is 17.4. The summed E-state index contributed by atoms with van der Waals surface area (Å²) in [6.45, 7) is 9.31. The smallest absolute Gasteiger partial charge is 0.315 e. The number of carbonyl (C=O) groups excluding carboxylic acids is 1. The molecule has 34 heavy (non-hydrogen) atoms. The summed E-state index contributed by atoms with van der Waals surface area (Å²) in [5.41, 5.74) is 4.80. The molecule has 0 aliphatic heterocycles. The number of anilines is 1. The first-order chi connectivity index (χ1) is 16.4. The molecule has 0 radical (unpaired) electrons. The van der Waals surface area contributed by atoms with Crippen LogP contribution in [0.3, 0.4) is 0 Å². The van der Waals surface area contributed by atoms with E-state index in [0.717, 1.165) is 36.4 Å². The number of hydrogen-bond donors (Lipinski definition) is 1. The van der Waals surface area contributed by atoms with Crippen LogP contribution in [-0.4, -0.2) is 22.0 Å². The van der Waals surface area contributed by atoms with Gasteiger partial charge in [0.2, 0.25) is 0 Å². The van der Waals surface area contributed by atoms with Gasteiger partial charge in [-0.25, -0.2) is 9.78 Å². The number of nitrogens with zero attached hydrogens (tertiary/aromatic N) is 2. The molecule has 1 saturated carbocycles. The molecule has 2 aromatic carbocycles. The lowest BCUT2D eigenvalue weighted by Gasteiger charge is -2.37. The minimum absolute atomic E-state index is 0.00615. The average Bonchev–Trinajstić information content (AvgIpc) is 3.36. The third-order valence-electron chi connectivity index (χ3n) is 7.06. The number of rotatable bonds is 7. The third-order valence-corrected chi connectivity index (χ3v) is 7.83. The van der Waals surface area contributed by atoms with Gasteiger partial charge in [0.15, 0.2) is 0 Å². The Hall–Kier alpha value is -2.66. The molecule has 1 heterocycles. The quantitative estimate of drug-likeness (QED) is 0.375. The zero-order chi connectivity index (χ0) is 24.1. The van der Waals surface area contributed by atoms with Crippen molar-refractivity contribution in [2.75, 3.05) is 5.32 Å². The van der Waals surface area contributed by atoms with E-state index >= 15 is 0 Å². The molecule has 0 spiro atoms. The minimum atomic E-state index is -0.00615. The summed E-state index contributed by atoms with van der Waals surface area (Å²) in [4.78, 5) is 20.4. The Morgan fingerprint density at radius 3 is 2.18 bits per heavy atom. The molecule has 2 amide bonds. The van der Waals surface area contributed by atoms with Crippen LogP contribution < -0.4 is 5.32 Å². The van der Waals surface area contributed by atoms with Crippen molar-refractivity contribution >= 4 is 23.1 Å². The van der Waals surface area contributed by atoms with E-state index in [2.05, 4.69) is 86.5 Å². The van der Waals surface area contributed by atoms with Crippen molar-refractivity contribution < 1.29 is 4.79 Å². The lowest BCUT2D eigenvalue weighted by Crippen LogP contribution is -2.44. The number of hydrogen-bond acceptors (Lipinski definition) is 3. The number of aromatic nitrogens is 1. The highest BCUT2D eigenvalue weighted by Gasteiger charge is 2.31. The lowest BCUT2D eigenvalue weighted by molar-refractivity contribution is 0.158. The fourth-order valence-corrected chi connectivity index (χ4v) is 5.78. The number of nitrogens with one attached hydrogen (secondary N) is 1. The molecule has 3 aromatic rings. The van der Waals surface area contributed by atoms with Gasteiger partial charge >= 0.3 is 6.03 Å². The first-order valence-corrected chi connectivity index (χ1v) is 13.5. The first kappa shape index (κ1) is 24.5. The van der Waals surface area contributed by atoms with Crippen LogP contribution in [-0.2, 0) is 6.54 Å². The topological polar surface area (TPSA) is 45.2 Å². The van der Waals surface area contributed by atoms with Gasteiger partial charge < -0.3 is 10.2 Å². The number of amides is 2. The van der Waals surface area contributed by atoms with Crippen molar-refractivity contribution in [1.29, 1.82) is 0 Å². The number of urea groups is 1. The molecule has 1 aliphatic rings. The lowest BCUT2D eigenvalue weighted by atomic mass is 9.81. The molecule has 1 fully saturated rings. The van der Waals surface area contributed by atoms with Crippen LogP contribution in [0.5, 0.6) is 0 Å². The Balaban J connectivity index is 1.56. The second kappa shape index (κ2) is 11.2. The Morgan fingerprint density at radius 2 is 1.62 bits per heavy atom. The number of thiazole rings is 1. The molecule has 0 saturated heterocycles. The van der Waals surface area contributed by atoms with E-state index in [4.69, 9.17) is 0 Å². The maximum absolute atomic E-state index is 13.8. The fraction of sp³-hybridized carbons (Fsp3) is 0.448. The minimum Gasteiger partial charge on any atom is -0.315 e. The van der Waals surface area contributed by atoms with Gasteiger partial charge in [-0.05, 0) is 60.1 Å².